The molecule has 1 atom stereocenters. The zero-order valence-corrected chi connectivity index (χ0v) is 16.0. The van der Waals surface area contributed by atoms with Crippen LogP contribution in [0.1, 0.15) is 18.9 Å². The summed E-state index contributed by atoms with van der Waals surface area (Å²) >= 11 is 0. The average Bonchev–Trinajstić information content (AvgIpc) is 2.61. The monoisotopic (exact) mass is 396 g/mol. The second-order valence-corrected chi connectivity index (χ2v) is 8.07. The Kier molecular flexibility index (Phi) is 6.90. The third-order valence-electron chi connectivity index (χ3n) is 4.03. The number of nitrogens with one attached hydrogen (secondary N) is 1. The van der Waals surface area contributed by atoms with Crippen molar-refractivity contribution in [2.45, 2.75) is 25.8 Å². The Morgan fingerprint density at radius 2 is 1.78 bits per heavy atom. The Balaban J connectivity index is 2.03. The SMILES string of the molecule is C[C@@H](C(=O)NCCCc1ccccc1)N(c1ccc(F)c(F)c1)S(C)(=O)=O. The van der Waals surface area contributed by atoms with Crippen molar-refractivity contribution >= 4 is 21.6 Å². The first-order valence-corrected chi connectivity index (χ1v) is 10.3. The minimum atomic E-state index is -3.88. The molecule has 0 aliphatic heterocycles. The predicted molar refractivity (Wildman–Crippen MR) is 101 cm³/mol. The highest BCUT2D eigenvalue weighted by Gasteiger charge is 2.29. The Hall–Kier alpha value is -2.48. The summed E-state index contributed by atoms with van der Waals surface area (Å²) in [4.78, 5) is 12.4. The summed E-state index contributed by atoms with van der Waals surface area (Å²) in [6.07, 6.45) is 2.37. The predicted octanol–water partition coefficient (Wildman–Crippen LogP) is 2.87. The van der Waals surface area contributed by atoms with Gasteiger partial charge in [0.1, 0.15) is 6.04 Å². The van der Waals surface area contributed by atoms with Crippen LogP contribution in [0, 0.1) is 11.6 Å². The van der Waals surface area contributed by atoms with Crippen LogP contribution in [0.4, 0.5) is 14.5 Å². The van der Waals surface area contributed by atoms with Crippen molar-refractivity contribution < 1.29 is 22.0 Å². The van der Waals surface area contributed by atoms with Crippen molar-refractivity contribution in [2.24, 2.45) is 0 Å². The van der Waals surface area contributed by atoms with Crippen LogP contribution in [-0.4, -0.2) is 33.2 Å². The molecule has 0 aromatic heterocycles. The number of hydrogen-bond donors (Lipinski definition) is 1. The molecule has 146 valence electrons. The number of nitrogens with zero attached hydrogens (tertiary/aromatic N) is 1. The first-order chi connectivity index (χ1) is 12.7. The minimum Gasteiger partial charge on any atom is -0.354 e. The van der Waals surface area contributed by atoms with E-state index >= 15 is 0 Å². The fourth-order valence-corrected chi connectivity index (χ4v) is 3.89. The number of amides is 1. The smallest absolute Gasteiger partial charge is 0.243 e. The van der Waals surface area contributed by atoms with E-state index in [2.05, 4.69) is 5.32 Å². The van der Waals surface area contributed by atoms with Crippen LogP contribution in [0.2, 0.25) is 0 Å². The van der Waals surface area contributed by atoms with Crippen LogP contribution in [0.15, 0.2) is 48.5 Å². The van der Waals surface area contributed by atoms with Gasteiger partial charge in [-0.2, -0.15) is 0 Å². The largest absolute Gasteiger partial charge is 0.354 e. The summed E-state index contributed by atoms with van der Waals surface area (Å²) in [5, 5.41) is 2.69. The number of rotatable bonds is 8. The molecular formula is C19H22F2N2O3S. The number of carbonyl (C=O) groups is 1. The van der Waals surface area contributed by atoms with Crippen molar-refractivity contribution in [3.05, 3.63) is 65.7 Å². The van der Waals surface area contributed by atoms with Gasteiger partial charge < -0.3 is 5.32 Å². The van der Waals surface area contributed by atoms with E-state index in [1.54, 1.807) is 0 Å². The van der Waals surface area contributed by atoms with Gasteiger partial charge in [-0.25, -0.2) is 17.2 Å². The summed E-state index contributed by atoms with van der Waals surface area (Å²) in [5.74, 6) is -2.79. The summed E-state index contributed by atoms with van der Waals surface area (Å²) < 4.78 is 51.7. The van der Waals surface area contributed by atoms with Crippen LogP contribution in [-0.2, 0) is 21.2 Å². The van der Waals surface area contributed by atoms with Gasteiger partial charge in [0.05, 0.1) is 11.9 Å². The van der Waals surface area contributed by atoms with Crippen LogP contribution < -0.4 is 9.62 Å². The molecule has 0 saturated heterocycles. The Labute approximate surface area is 158 Å². The van der Waals surface area contributed by atoms with Gasteiger partial charge in [0, 0.05) is 12.6 Å². The maximum Gasteiger partial charge on any atom is 0.243 e. The molecule has 2 aromatic rings. The highest BCUT2D eigenvalue weighted by atomic mass is 32.2. The minimum absolute atomic E-state index is 0.108. The molecule has 0 heterocycles. The molecule has 0 bridgehead atoms. The van der Waals surface area contributed by atoms with E-state index < -0.39 is 33.6 Å². The van der Waals surface area contributed by atoms with Crippen LogP contribution in [0.3, 0.4) is 0 Å². The molecule has 0 aliphatic rings. The fraction of sp³-hybridized carbons (Fsp3) is 0.316. The van der Waals surface area contributed by atoms with Crippen molar-refractivity contribution in [1.29, 1.82) is 0 Å². The molecular weight excluding hydrogens is 374 g/mol. The second kappa shape index (κ2) is 8.94. The standard InChI is InChI=1S/C19H22F2N2O3S/c1-14(19(24)22-12-6-9-15-7-4-3-5-8-15)23(27(2,25)26)16-10-11-17(20)18(21)13-16/h3-5,7-8,10-11,13-14H,6,9,12H2,1-2H3,(H,22,24)/t14-/m0/s1. The molecule has 2 rings (SSSR count). The molecule has 0 saturated carbocycles. The number of anilines is 1. The van der Waals surface area contributed by atoms with E-state index in [4.69, 9.17) is 0 Å². The molecule has 27 heavy (non-hydrogen) atoms. The lowest BCUT2D eigenvalue weighted by atomic mass is 10.1. The van der Waals surface area contributed by atoms with Gasteiger partial charge in [-0.3, -0.25) is 9.10 Å². The highest BCUT2D eigenvalue weighted by molar-refractivity contribution is 7.92. The third kappa shape index (κ3) is 5.75. The van der Waals surface area contributed by atoms with Gasteiger partial charge in [0.25, 0.3) is 0 Å². The van der Waals surface area contributed by atoms with E-state index in [9.17, 15) is 22.0 Å². The van der Waals surface area contributed by atoms with E-state index in [1.807, 2.05) is 30.3 Å². The summed E-state index contributed by atoms with van der Waals surface area (Å²) in [6, 6.07) is 11.4. The van der Waals surface area contributed by atoms with Crippen LogP contribution >= 0.6 is 0 Å². The average molecular weight is 396 g/mol. The van der Waals surface area contributed by atoms with Gasteiger partial charge >= 0.3 is 0 Å². The van der Waals surface area contributed by atoms with Crippen LogP contribution in [0.25, 0.3) is 0 Å². The first kappa shape index (κ1) is 20.8. The number of sulfonamides is 1. The van der Waals surface area contributed by atoms with Crippen LogP contribution in [0.5, 0.6) is 0 Å². The summed E-state index contributed by atoms with van der Waals surface area (Å²) in [7, 11) is -3.88. The Morgan fingerprint density at radius 1 is 1.11 bits per heavy atom. The first-order valence-electron chi connectivity index (χ1n) is 8.46. The lowest BCUT2D eigenvalue weighted by Gasteiger charge is -2.28. The zero-order chi connectivity index (χ0) is 20.0. The molecule has 1 N–H and O–H groups in total. The van der Waals surface area contributed by atoms with Crippen molar-refractivity contribution in [1.82, 2.24) is 5.32 Å². The molecule has 0 spiro atoms. The number of hydrogen-bond acceptors (Lipinski definition) is 3. The summed E-state index contributed by atoms with van der Waals surface area (Å²) in [5.41, 5.74) is 1.03. The van der Waals surface area contributed by atoms with Crippen molar-refractivity contribution in [2.75, 3.05) is 17.1 Å². The van der Waals surface area contributed by atoms with E-state index in [0.29, 0.717) is 13.0 Å². The quantitative estimate of drug-likeness (QED) is 0.698. The molecule has 1 amide bonds. The topological polar surface area (TPSA) is 66.5 Å². The lowest BCUT2D eigenvalue weighted by molar-refractivity contribution is -0.121. The van der Waals surface area contributed by atoms with Gasteiger partial charge in [-0.1, -0.05) is 30.3 Å². The number of carbonyl (C=O) groups excluding carboxylic acids is 1. The molecule has 2 aromatic carbocycles. The highest BCUT2D eigenvalue weighted by Crippen LogP contribution is 2.23. The zero-order valence-electron chi connectivity index (χ0n) is 15.2. The van der Waals surface area contributed by atoms with E-state index in [0.717, 1.165) is 40.7 Å². The number of halogens is 2. The maximum atomic E-state index is 13.5. The summed E-state index contributed by atoms with van der Waals surface area (Å²) in [6.45, 7) is 1.77. The molecule has 0 radical (unpaired) electrons. The van der Waals surface area contributed by atoms with Gasteiger partial charge in [-0.05, 0) is 37.5 Å². The molecule has 0 unspecified atom stereocenters. The van der Waals surface area contributed by atoms with Gasteiger partial charge in [0.15, 0.2) is 11.6 Å². The van der Waals surface area contributed by atoms with Crippen molar-refractivity contribution in [3.8, 4) is 0 Å². The maximum absolute atomic E-state index is 13.5. The van der Waals surface area contributed by atoms with Gasteiger partial charge in [0.2, 0.25) is 15.9 Å². The molecule has 5 nitrogen and oxygen atoms in total. The lowest BCUT2D eigenvalue weighted by Crippen LogP contribution is -2.48. The number of aryl methyl sites for hydroxylation is 1. The third-order valence-corrected chi connectivity index (χ3v) is 5.27. The normalized spacial score (nSPS) is 12.4. The molecule has 0 aliphatic carbocycles. The molecule has 8 heteroatoms. The van der Waals surface area contributed by atoms with Gasteiger partial charge in [-0.15, -0.1) is 0 Å². The van der Waals surface area contributed by atoms with Crippen molar-refractivity contribution in [3.63, 3.8) is 0 Å². The second-order valence-electron chi connectivity index (χ2n) is 6.21. The van der Waals surface area contributed by atoms with E-state index in [-0.39, 0.29) is 5.69 Å². The fourth-order valence-electron chi connectivity index (χ4n) is 2.73. The Bertz CT molecular complexity index is 889. The Morgan fingerprint density at radius 3 is 2.37 bits per heavy atom. The van der Waals surface area contributed by atoms with E-state index in [1.165, 1.54) is 6.92 Å². The molecule has 0 fully saturated rings. The number of benzene rings is 2.